The molecule has 2 fully saturated rings. The Morgan fingerprint density at radius 2 is 1.85 bits per heavy atom. The summed E-state index contributed by atoms with van der Waals surface area (Å²) in [6, 6.07) is 0. The van der Waals surface area contributed by atoms with Gasteiger partial charge >= 0.3 is 5.97 Å². The number of nitrogens with zero attached hydrogens (tertiary/aromatic N) is 1. The molecule has 1 saturated heterocycles. The molecule has 6 nitrogen and oxygen atoms in total. The maximum Gasteiger partial charge on any atom is 0.319 e. The average molecular weight is 282 g/mol. The zero-order valence-electron chi connectivity index (χ0n) is 11.9. The van der Waals surface area contributed by atoms with Crippen LogP contribution in [0.2, 0.25) is 0 Å². The Balaban J connectivity index is 1.86. The van der Waals surface area contributed by atoms with Crippen molar-refractivity contribution in [1.29, 1.82) is 0 Å². The molecule has 1 saturated carbocycles. The number of carboxylic acid groups (broad SMARTS) is 1. The summed E-state index contributed by atoms with van der Waals surface area (Å²) >= 11 is 0. The second-order valence-electron chi connectivity index (χ2n) is 5.91. The molecule has 2 aliphatic rings. The van der Waals surface area contributed by atoms with Gasteiger partial charge in [0, 0.05) is 26.6 Å². The van der Waals surface area contributed by atoms with Crippen LogP contribution in [0.4, 0.5) is 0 Å². The van der Waals surface area contributed by atoms with Crippen molar-refractivity contribution in [2.75, 3.05) is 19.6 Å². The highest BCUT2D eigenvalue weighted by Gasteiger charge is 2.53. The fraction of sp³-hybridized carbons (Fsp3) is 0.786. The second kappa shape index (κ2) is 5.81. The van der Waals surface area contributed by atoms with E-state index in [2.05, 4.69) is 5.32 Å². The van der Waals surface area contributed by atoms with Crippen molar-refractivity contribution in [1.82, 2.24) is 10.2 Å². The van der Waals surface area contributed by atoms with Crippen LogP contribution >= 0.6 is 0 Å². The minimum atomic E-state index is -1.15. The van der Waals surface area contributed by atoms with Crippen LogP contribution in [0.5, 0.6) is 0 Å². The molecule has 2 rings (SSSR count). The van der Waals surface area contributed by atoms with Gasteiger partial charge in [0.25, 0.3) is 0 Å². The van der Waals surface area contributed by atoms with E-state index in [0.29, 0.717) is 38.4 Å². The largest absolute Gasteiger partial charge is 0.480 e. The molecule has 0 aromatic rings. The van der Waals surface area contributed by atoms with Gasteiger partial charge in [-0.2, -0.15) is 0 Å². The van der Waals surface area contributed by atoms with Crippen LogP contribution in [0.15, 0.2) is 0 Å². The summed E-state index contributed by atoms with van der Waals surface area (Å²) in [7, 11) is 0. The predicted octanol–water partition coefficient (Wildman–Crippen LogP) is 0.616. The van der Waals surface area contributed by atoms with E-state index in [-0.39, 0.29) is 11.8 Å². The molecule has 1 heterocycles. The number of amides is 2. The minimum absolute atomic E-state index is 0.0391. The Hall–Kier alpha value is -1.59. The Bertz CT molecular complexity index is 409. The molecule has 0 radical (unpaired) electrons. The minimum Gasteiger partial charge on any atom is -0.480 e. The fourth-order valence-electron chi connectivity index (χ4n) is 2.98. The first-order valence-electron chi connectivity index (χ1n) is 7.23. The van der Waals surface area contributed by atoms with Crippen LogP contribution in [0.3, 0.4) is 0 Å². The molecule has 1 aliphatic heterocycles. The van der Waals surface area contributed by atoms with E-state index in [1.165, 1.54) is 6.92 Å². The van der Waals surface area contributed by atoms with Crippen molar-refractivity contribution in [3.05, 3.63) is 0 Å². The molecule has 0 aromatic carbocycles. The number of rotatable bonds is 4. The van der Waals surface area contributed by atoms with Crippen LogP contribution in [-0.4, -0.2) is 47.4 Å². The molecule has 0 bridgehead atoms. The van der Waals surface area contributed by atoms with Crippen LogP contribution in [-0.2, 0) is 14.4 Å². The predicted molar refractivity (Wildman–Crippen MR) is 71.9 cm³/mol. The fourth-order valence-corrected chi connectivity index (χ4v) is 2.98. The van der Waals surface area contributed by atoms with Gasteiger partial charge in [0.1, 0.15) is 5.41 Å². The maximum absolute atomic E-state index is 12.4. The number of likely N-dealkylation sites (tertiary alicyclic amines) is 1. The number of hydrogen-bond acceptors (Lipinski definition) is 3. The highest BCUT2D eigenvalue weighted by atomic mass is 16.4. The number of carboxylic acids is 1. The number of carbonyl (C=O) groups excluding carboxylic acids is 2. The topological polar surface area (TPSA) is 86.7 Å². The molecular formula is C14H22N2O4. The lowest BCUT2D eigenvalue weighted by atomic mass is 9.67. The van der Waals surface area contributed by atoms with Gasteiger partial charge in [-0.25, -0.2) is 0 Å². The van der Waals surface area contributed by atoms with Gasteiger partial charge in [-0.05, 0) is 31.6 Å². The second-order valence-corrected chi connectivity index (χ2v) is 5.91. The summed E-state index contributed by atoms with van der Waals surface area (Å²) in [4.78, 5) is 36.3. The van der Waals surface area contributed by atoms with Crippen molar-refractivity contribution in [2.45, 2.75) is 39.0 Å². The third-order valence-electron chi connectivity index (χ3n) is 4.57. The number of aliphatic carboxylic acids is 1. The molecule has 2 N–H and O–H groups in total. The molecule has 0 atom stereocenters. The van der Waals surface area contributed by atoms with E-state index in [1.54, 1.807) is 4.90 Å². The van der Waals surface area contributed by atoms with E-state index in [0.717, 1.165) is 19.3 Å². The highest BCUT2D eigenvalue weighted by molar-refractivity contribution is 6.02. The Morgan fingerprint density at radius 1 is 1.25 bits per heavy atom. The van der Waals surface area contributed by atoms with E-state index in [4.69, 9.17) is 0 Å². The zero-order valence-corrected chi connectivity index (χ0v) is 11.9. The van der Waals surface area contributed by atoms with Gasteiger partial charge < -0.3 is 15.3 Å². The first-order valence-corrected chi connectivity index (χ1v) is 7.23. The van der Waals surface area contributed by atoms with Crippen molar-refractivity contribution in [3.8, 4) is 0 Å². The maximum atomic E-state index is 12.4. The monoisotopic (exact) mass is 282 g/mol. The molecule has 2 amide bonds. The van der Waals surface area contributed by atoms with Crippen LogP contribution < -0.4 is 5.32 Å². The van der Waals surface area contributed by atoms with Gasteiger partial charge in [0.05, 0.1) is 0 Å². The van der Waals surface area contributed by atoms with Crippen LogP contribution in [0.1, 0.15) is 39.0 Å². The summed E-state index contributed by atoms with van der Waals surface area (Å²) in [5.74, 6) is -0.851. The smallest absolute Gasteiger partial charge is 0.319 e. The Labute approximate surface area is 118 Å². The Morgan fingerprint density at radius 3 is 2.25 bits per heavy atom. The summed E-state index contributed by atoms with van der Waals surface area (Å²) < 4.78 is 0. The first-order chi connectivity index (χ1) is 9.45. The van der Waals surface area contributed by atoms with Gasteiger partial charge in [0.15, 0.2) is 0 Å². The molecule has 0 aromatic heterocycles. The number of hydrogen-bond donors (Lipinski definition) is 2. The molecule has 112 valence electrons. The van der Waals surface area contributed by atoms with Gasteiger partial charge in [-0.1, -0.05) is 6.42 Å². The van der Waals surface area contributed by atoms with E-state index in [1.807, 2.05) is 0 Å². The van der Waals surface area contributed by atoms with Gasteiger partial charge in [-0.15, -0.1) is 0 Å². The lowest BCUT2D eigenvalue weighted by molar-refractivity contribution is -0.168. The summed E-state index contributed by atoms with van der Waals surface area (Å²) in [5.41, 5.74) is -1.15. The molecule has 0 spiro atoms. The van der Waals surface area contributed by atoms with E-state index in [9.17, 15) is 19.5 Å². The van der Waals surface area contributed by atoms with Crippen LogP contribution in [0.25, 0.3) is 0 Å². The summed E-state index contributed by atoms with van der Waals surface area (Å²) in [6.07, 6.45) is 3.39. The normalized spacial score (nSPS) is 21.9. The molecule has 1 aliphatic carbocycles. The van der Waals surface area contributed by atoms with Crippen molar-refractivity contribution in [3.63, 3.8) is 0 Å². The third-order valence-corrected chi connectivity index (χ3v) is 4.57. The van der Waals surface area contributed by atoms with Crippen LogP contribution in [0, 0.1) is 11.3 Å². The lowest BCUT2D eigenvalue weighted by Crippen LogP contribution is -2.54. The summed E-state index contributed by atoms with van der Waals surface area (Å²) in [5, 5.41) is 12.1. The van der Waals surface area contributed by atoms with E-state index >= 15 is 0 Å². The highest BCUT2D eigenvalue weighted by Crippen LogP contribution is 2.43. The van der Waals surface area contributed by atoms with Crippen molar-refractivity contribution >= 4 is 17.8 Å². The average Bonchev–Trinajstić information content (AvgIpc) is 2.35. The van der Waals surface area contributed by atoms with Crippen molar-refractivity contribution in [2.24, 2.45) is 11.3 Å². The standard InChI is InChI=1S/C14H22N2O4/c1-10(17)15-9-11-3-7-16(8-4-11)12(18)14(13(19)20)5-2-6-14/h11H,2-9H2,1H3,(H,15,17)(H,19,20). The quantitative estimate of drug-likeness (QED) is 0.740. The first kappa shape index (κ1) is 14.8. The van der Waals surface area contributed by atoms with Gasteiger partial charge in [-0.3, -0.25) is 14.4 Å². The zero-order chi connectivity index (χ0) is 14.8. The third kappa shape index (κ3) is 2.78. The lowest BCUT2D eigenvalue weighted by Gasteiger charge is -2.42. The van der Waals surface area contributed by atoms with Crippen molar-refractivity contribution < 1.29 is 19.5 Å². The van der Waals surface area contributed by atoms with Gasteiger partial charge in [0.2, 0.25) is 11.8 Å². The molecular weight excluding hydrogens is 260 g/mol. The molecule has 20 heavy (non-hydrogen) atoms. The summed E-state index contributed by atoms with van der Waals surface area (Å²) in [6.45, 7) is 3.32. The number of carbonyl (C=O) groups is 3. The molecule has 0 unspecified atom stereocenters. The molecule has 6 heteroatoms. The number of nitrogens with one attached hydrogen (secondary N) is 1. The number of piperidine rings is 1. The van der Waals surface area contributed by atoms with E-state index < -0.39 is 11.4 Å². The SMILES string of the molecule is CC(=O)NCC1CCN(C(=O)C2(C(=O)O)CCC2)CC1. The Kier molecular flexibility index (Phi) is 4.30.